The highest BCUT2D eigenvalue weighted by atomic mass is 32.2. The van der Waals surface area contributed by atoms with Gasteiger partial charge in [-0.15, -0.1) is 0 Å². The molecular weight excluding hydrogens is 419 g/mol. The molecule has 0 heterocycles. The Balaban J connectivity index is 1.58. The van der Waals surface area contributed by atoms with Gasteiger partial charge in [0.05, 0.1) is 17.2 Å². The number of sulfonamides is 1. The van der Waals surface area contributed by atoms with Crippen LogP contribution in [-0.4, -0.2) is 33.5 Å². The molecule has 3 atom stereocenters. The number of hydrogen-bond donors (Lipinski definition) is 1. The van der Waals surface area contributed by atoms with Crippen molar-refractivity contribution in [2.75, 3.05) is 17.5 Å². The van der Waals surface area contributed by atoms with E-state index in [4.69, 9.17) is 4.74 Å². The summed E-state index contributed by atoms with van der Waals surface area (Å²) in [5, 5.41) is 3.05. The zero-order valence-corrected chi connectivity index (χ0v) is 18.3. The summed E-state index contributed by atoms with van der Waals surface area (Å²) in [5.41, 5.74) is 0.343. The Morgan fingerprint density at radius 3 is 2.39 bits per heavy atom. The van der Waals surface area contributed by atoms with E-state index < -0.39 is 15.8 Å². The first-order chi connectivity index (χ1) is 14.9. The lowest BCUT2D eigenvalue weighted by Gasteiger charge is -2.27. The van der Waals surface area contributed by atoms with Crippen LogP contribution in [0, 0.1) is 17.7 Å². The first-order valence-electron chi connectivity index (χ1n) is 10.7. The molecule has 2 bridgehead atoms. The Hall–Kier alpha value is -2.61. The summed E-state index contributed by atoms with van der Waals surface area (Å²) in [6, 6.07) is 11.3. The summed E-state index contributed by atoms with van der Waals surface area (Å²) in [6.07, 6.45) is 4.44. The third-order valence-corrected chi connectivity index (χ3v) is 8.00. The molecule has 0 radical (unpaired) electrons. The number of carbonyl (C=O) groups excluding carboxylic acids is 1. The van der Waals surface area contributed by atoms with Gasteiger partial charge in [-0.1, -0.05) is 6.42 Å². The van der Waals surface area contributed by atoms with E-state index in [1.165, 1.54) is 18.6 Å². The lowest BCUT2D eigenvalue weighted by atomic mass is 9.95. The zero-order chi connectivity index (χ0) is 22.0. The van der Waals surface area contributed by atoms with E-state index in [1.54, 1.807) is 24.3 Å². The molecule has 8 heteroatoms. The third kappa shape index (κ3) is 4.69. The molecule has 2 aliphatic rings. The molecule has 0 spiro atoms. The molecule has 1 amide bonds. The number of carbonyl (C=O) groups is 1. The number of ether oxygens (including phenoxy) is 1. The first kappa shape index (κ1) is 21.6. The highest BCUT2D eigenvalue weighted by molar-refractivity contribution is 7.92. The second kappa shape index (κ2) is 8.86. The van der Waals surface area contributed by atoms with Crippen LogP contribution in [-0.2, 0) is 14.8 Å². The van der Waals surface area contributed by atoms with Crippen LogP contribution in [0.2, 0.25) is 0 Å². The molecule has 2 aromatic rings. The van der Waals surface area contributed by atoms with Crippen molar-refractivity contribution in [2.45, 2.75) is 43.5 Å². The molecule has 31 heavy (non-hydrogen) atoms. The third-order valence-electron chi connectivity index (χ3n) is 6.21. The van der Waals surface area contributed by atoms with E-state index >= 15 is 0 Å². The van der Waals surface area contributed by atoms with E-state index in [2.05, 4.69) is 5.32 Å². The Labute approximate surface area is 182 Å². The molecule has 4 rings (SSSR count). The van der Waals surface area contributed by atoms with Crippen LogP contribution in [0.3, 0.4) is 0 Å². The number of nitrogens with zero attached hydrogens (tertiary/aromatic N) is 1. The summed E-state index contributed by atoms with van der Waals surface area (Å²) in [7, 11) is -4.07. The van der Waals surface area contributed by atoms with E-state index in [0.717, 1.165) is 35.7 Å². The maximum atomic E-state index is 13.3. The lowest BCUT2D eigenvalue weighted by molar-refractivity contribution is -0.120. The molecule has 2 aliphatic carbocycles. The lowest BCUT2D eigenvalue weighted by Crippen LogP contribution is -2.46. The fourth-order valence-electron chi connectivity index (χ4n) is 4.73. The number of fused-ring (bicyclic) bond motifs is 2. The summed E-state index contributed by atoms with van der Waals surface area (Å²) < 4.78 is 46.5. The van der Waals surface area contributed by atoms with Crippen LogP contribution in [0.4, 0.5) is 10.1 Å². The maximum Gasteiger partial charge on any atom is 0.264 e. The molecule has 166 valence electrons. The highest BCUT2D eigenvalue weighted by Crippen LogP contribution is 2.44. The van der Waals surface area contributed by atoms with Gasteiger partial charge in [0.1, 0.15) is 18.1 Å². The van der Waals surface area contributed by atoms with Crippen molar-refractivity contribution in [1.29, 1.82) is 0 Å². The molecule has 0 aromatic heterocycles. The van der Waals surface area contributed by atoms with Crippen molar-refractivity contribution >= 4 is 21.6 Å². The van der Waals surface area contributed by atoms with Gasteiger partial charge in [-0.3, -0.25) is 9.10 Å². The van der Waals surface area contributed by atoms with Crippen molar-refractivity contribution in [3.8, 4) is 5.75 Å². The number of amides is 1. The first-order valence-corrected chi connectivity index (χ1v) is 12.1. The monoisotopic (exact) mass is 446 g/mol. The Bertz CT molecular complexity index is 1020. The van der Waals surface area contributed by atoms with Gasteiger partial charge in [0, 0.05) is 6.04 Å². The SMILES string of the molecule is CCOc1ccc(N(CC(=O)NC2CC3CCC2C3)S(=O)(=O)c2ccc(F)cc2)cc1. The van der Waals surface area contributed by atoms with Gasteiger partial charge in [0.25, 0.3) is 10.0 Å². The van der Waals surface area contributed by atoms with E-state index in [-0.39, 0.29) is 23.4 Å². The van der Waals surface area contributed by atoms with Crippen molar-refractivity contribution in [3.63, 3.8) is 0 Å². The van der Waals surface area contributed by atoms with Gasteiger partial charge >= 0.3 is 0 Å². The molecule has 0 saturated heterocycles. The topological polar surface area (TPSA) is 75.7 Å². The molecule has 3 unspecified atom stereocenters. The van der Waals surface area contributed by atoms with Crippen LogP contribution < -0.4 is 14.4 Å². The predicted octanol–water partition coefficient (Wildman–Crippen LogP) is 3.72. The van der Waals surface area contributed by atoms with Gasteiger partial charge in [0.2, 0.25) is 5.91 Å². The number of hydrogen-bond acceptors (Lipinski definition) is 4. The normalized spacial score (nSPS) is 22.3. The molecule has 2 saturated carbocycles. The second-order valence-electron chi connectivity index (χ2n) is 8.24. The van der Waals surface area contributed by atoms with E-state index in [9.17, 15) is 17.6 Å². The summed E-state index contributed by atoms with van der Waals surface area (Å²) in [6.45, 7) is 2.00. The highest BCUT2D eigenvalue weighted by Gasteiger charge is 2.40. The minimum atomic E-state index is -4.07. The van der Waals surface area contributed by atoms with Gasteiger partial charge < -0.3 is 10.1 Å². The average molecular weight is 447 g/mol. The van der Waals surface area contributed by atoms with Crippen LogP contribution >= 0.6 is 0 Å². The average Bonchev–Trinajstić information content (AvgIpc) is 3.36. The summed E-state index contributed by atoms with van der Waals surface area (Å²) in [5.74, 6) is 0.900. The van der Waals surface area contributed by atoms with Crippen LogP contribution in [0.5, 0.6) is 5.75 Å². The van der Waals surface area contributed by atoms with Crippen LogP contribution in [0.15, 0.2) is 53.4 Å². The molecule has 2 fully saturated rings. The summed E-state index contributed by atoms with van der Waals surface area (Å²) >= 11 is 0. The van der Waals surface area contributed by atoms with E-state index in [1.807, 2.05) is 6.92 Å². The van der Waals surface area contributed by atoms with Gasteiger partial charge in [-0.25, -0.2) is 12.8 Å². The number of anilines is 1. The van der Waals surface area contributed by atoms with Crippen molar-refractivity contribution < 1.29 is 22.3 Å². The standard InChI is InChI=1S/C23H27FN2O4S/c1-2-30-20-9-7-19(8-10-20)26(31(28,29)21-11-5-18(24)6-12-21)15-23(27)25-22-14-16-3-4-17(22)13-16/h5-12,16-17,22H,2-4,13-15H2,1H3,(H,25,27). The smallest absolute Gasteiger partial charge is 0.264 e. The van der Waals surface area contributed by atoms with Crippen molar-refractivity contribution in [2.24, 2.45) is 11.8 Å². The number of benzene rings is 2. The Kier molecular flexibility index (Phi) is 6.18. The largest absolute Gasteiger partial charge is 0.494 e. The predicted molar refractivity (Wildman–Crippen MR) is 116 cm³/mol. The van der Waals surface area contributed by atoms with E-state index in [0.29, 0.717) is 29.9 Å². The maximum absolute atomic E-state index is 13.3. The Morgan fingerprint density at radius 1 is 1.10 bits per heavy atom. The van der Waals surface area contributed by atoms with Crippen molar-refractivity contribution in [3.05, 3.63) is 54.3 Å². The Morgan fingerprint density at radius 2 is 1.81 bits per heavy atom. The fraction of sp³-hybridized carbons (Fsp3) is 0.435. The molecular formula is C23H27FN2O4S. The minimum absolute atomic E-state index is 0.0736. The van der Waals surface area contributed by atoms with Gasteiger partial charge in [-0.2, -0.15) is 0 Å². The molecule has 1 N–H and O–H groups in total. The van der Waals surface area contributed by atoms with Crippen molar-refractivity contribution in [1.82, 2.24) is 5.32 Å². The number of rotatable bonds is 8. The zero-order valence-electron chi connectivity index (χ0n) is 17.5. The number of halogens is 1. The minimum Gasteiger partial charge on any atom is -0.494 e. The molecule has 2 aromatic carbocycles. The van der Waals surface area contributed by atoms with Crippen LogP contribution in [0.1, 0.15) is 32.6 Å². The summed E-state index contributed by atoms with van der Waals surface area (Å²) in [4.78, 5) is 12.8. The fourth-order valence-corrected chi connectivity index (χ4v) is 6.15. The van der Waals surface area contributed by atoms with Gasteiger partial charge in [0.15, 0.2) is 0 Å². The molecule has 6 nitrogen and oxygen atoms in total. The number of nitrogens with one attached hydrogen (secondary N) is 1. The van der Waals surface area contributed by atoms with Gasteiger partial charge in [-0.05, 0) is 86.6 Å². The quantitative estimate of drug-likeness (QED) is 0.671. The van der Waals surface area contributed by atoms with Crippen LogP contribution in [0.25, 0.3) is 0 Å². The molecule has 0 aliphatic heterocycles. The second-order valence-corrected chi connectivity index (χ2v) is 10.1.